The van der Waals surface area contributed by atoms with Crippen LogP contribution in [0.15, 0.2) is 91.0 Å². The molecule has 0 aromatic heterocycles. The smallest absolute Gasteiger partial charge is 0.350 e. The standard InChI is InChI=1S/C24H23N3O3/c1-2-30-24(29)22-26(19-14-8-4-9-15-19)21(25-18-12-6-3-7-13-18)23(28)27(22)20-16-10-5-11-17-20/h3-17,21-22,25H,2H2,1H3. The van der Waals surface area contributed by atoms with Crippen LogP contribution in [0.3, 0.4) is 0 Å². The lowest BCUT2D eigenvalue weighted by Crippen LogP contribution is -2.49. The Morgan fingerprint density at radius 2 is 1.40 bits per heavy atom. The van der Waals surface area contributed by atoms with E-state index in [9.17, 15) is 9.59 Å². The number of ether oxygens (including phenoxy) is 1. The first-order valence-corrected chi connectivity index (χ1v) is 9.90. The summed E-state index contributed by atoms with van der Waals surface area (Å²) in [5.74, 6) is -0.706. The van der Waals surface area contributed by atoms with Gasteiger partial charge in [-0.05, 0) is 43.3 Å². The van der Waals surface area contributed by atoms with Crippen molar-refractivity contribution in [3.63, 3.8) is 0 Å². The second-order valence-corrected chi connectivity index (χ2v) is 6.83. The first-order chi connectivity index (χ1) is 14.7. The number of benzene rings is 3. The van der Waals surface area contributed by atoms with Gasteiger partial charge in [-0.3, -0.25) is 9.69 Å². The maximum absolute atomic E-state index is 13.6. The van der Waals surface area contributed by atoms with Crippen LogP contribution in [0.4, 0.5) is 17.1 Å². The van der Waals surface area contributed by atoms with E-state index >= 15 is 0 Å². The lowest BCUT2D eigenvalue weighted by Gasteiger charge is -2.31. The van der Waals surface area contributed by atoms with Crippen molar-refractivity contribution in [3.05, 3.63) is 91.0 Å². The van der Waals surface area contributed by atoms with Crippen LogP contribution >= 0.6 is 0 Å². The highest BCUT2D eigenvalue weighted by Gasteiger charge is 2.51. The molecule has 1 fully saturated rings. The fourth-order valence-corrected chi connectivity index (χ4v) is 3.64. The lowest BCUT2D eigenvalue weighted by molar-refractivity contribution is -0.144. The Morgan fingerprint density at radius 1 is 0.867 bits per heavy atom. The Labute approximate surface area is 175 Å². The summed E-state index contributed by atoms with van der Waals surface area (Å²) in [5, 5.41) is 3.29. The third-order valence-corrected chi connectivity index (χ3v) is 4.92. The molecule has 0 radical (unpaired) electrons. The third kappa shape index (κ3) is 3.72. The van der Waals surface area contributed by atoms with Crippen LogP contribution in [-0.2, 0) is 14.3 Å². The largest absolute Gasteiger partial charge is 0.463 e. The van der Waals surface area contributed by atoms with Gasteiger partial charge in [-0.15, -0.1) is 0 Å². The van der Waals surface area contributed by atoms with E-state index < -0.39 is 18.3 Å². The highest BCUT2D eigenvalue weighted by molar-refractivity contribution is 6.10. The van der Waals surface area contributed by atoms with E-state index in [1.165, 1.54) is 4.90 Å². The first-order valence-electron chi connectivity index (χ1n) is 9.90. The molecule has 6 nitrogen and oxygen atoms in total. The molecule has 2 unspecified atom stereocenters. The molecule has 0 saturated carbocycles. The minimum atomic E-state index is -0.927. The van der Waals surface area contributed by atoms with E-state index in [4.69, 9.17) is 4.74 Å². The number of hydrogen-bond acceptors (Lipinski definition) is 5. The molecular weight excluding hydrogens is 378 g/mol. The van der Waals surface area contributed by atoms with Gasteiger partial charge in [-0.1, -0.05) is 54.6 Å². The Kier molecular flexibility index (Phi) is 5.66. The van der Waals surface area contributed by atoms with E-state index in [0.717, 1.165) is 11.4 Å². The van der Waals surface area contributed by atoms with Crippen molar-refractivity contribution in [2.75, 3.05) is 21.7 Å². The molecule has 3 aromatic carbocycles. The molecule has 0 spiro atoms. The van der Waals surface area contributed by atoms with Gasteiger partial charge in [0.2, 0.25) is 6.17 Å². The van der Waals surface area contributed by atoms with Gasteiger partial charge in [0, 0.05) is 17.1 Å². The third-order valence-electron chi connectivity index (χ3n) is 4.92. The van der Waals surface area contributed by atoms with Gasteiger partial charge >= 0.3 is 5.97 Å². The number of hydrogen-bond donors (Lipinski definition) is 1. The van der Waals surface area contributed by atoms with Gasteiger partial charge < -0.3 is 15.0 Å². The minimum absolute atomic E-state index is 0.228. The maximum atomic E-state index is 13.6. The average molecular weight is 401 g/mol. The number of anilines is 3. The molecule has 1 heterocycles. The number of carbonyl (C=O) groups is 2. The van der Waals surface area contributed by atoms with Crippen LogP contribution in [0.25, 0.3) is 0 Å². The van der Waals surface area contributed by atoms with Crippen molar-refractivity contribution in [2.24, 2.45) is 0 Å². The number of rotatable bonds is 6. The number of esters is 1. The molecule has 1 aliphatic heterocycles. The van der Waals surface area contributed by atoms with Gasteiger partial charge in [-0.2, -0.15) is 0 Å². The molecule has 6 heteroatoms. The summed E-state index contributed by atoms with van der Waals surface area (Å²) in [6.07, 6.45) is -1.70. The van der Waals surface area contributed by atoms with Crippen LogP contribution in [0, 0.1) is 0 Å². The normalized spacial score (nSPS) is 18.4. The van der Waals surface area contributed by atoms with Crippen molar-refractivity contribution in [1.29, 1.82) is 0 Å². The van der Waals surface area contributed by atoms with Crippen molar-refractivity contribution >= 4 is 28.9 Å². The summed E-state index contributed by atoms with van der Waals surface area (Å²) in [5.41, 5.74) is 2.17. The summed E-state index contributed by atoms with van der Waals surface area (Å²) in [6, 6.07) is 28.1. The van der Waals surface area contributed by atoms with Gasteiger partial charge in [0.25, 0.3) is 5.91 Å². The van der Waals surface area contributed by atoms with Crippen LogP contribution in [0.5, 0.6) is 0 Å². The summed E-state index contributed by atoms with van der Waals surface area (Å²) < 4.78 is 5.37. The molecule has 2 atom stereocenters. The fraction of sp³-hybridized carbons (Fsp3) is 0.167. The van der Waals surface area contributed by atoms with E-state index in [0.29, 0.717) is 5.69 Å². The number of carbonyl (C=O) groups excluding carboxylic acids is 2. The van der Waals surface area contributed by atoms with E-state index in [1.54, 1.807) is 11.8 Å². The van der Waals surface area contributed by atoms with E-state index in [1.807, 2.05) is 91.0 Å². The van der Waals surface area contributed by atoms with Crippen molar-refractivity contribution < 1.29 is 14.3 Å². The molecule has 1 saturated heterocycles. The predicted molar refractivity (Wildman–Crippen MR) is 117 cm³/mol. The fourth-order valence-electron chi connectivity index (χ4n) is 3.64. The topological polar surface area (TPSA) is 61.9 Å². The second kappa shape index (κ2) is 8.69. The molecule has 0 aliphatic carbocycles. The summed E-state index contributed by atoms with van der Waals surface area (Å²) in [7, 11) is 0. The number of para-hydroxylation sites is 3. The first kappa shape index (κ1) is 19.5. The zero-order valence-corrected chi connectivity index (χ0v) is 16.6. The maximum Gasteiger partial charge on any atom is 0.350 e. The molecule has 30 heavy (non-hydrogen) atoms. The highest BCUT2D eigenvalue weighted by atomic mass is 16.5. The van der Waals surface area contributed by atoms with Gasteiger partial charge in [-0.25, -0.2) is 4.79 Å². The molecule has 1 amide bonds. The summed E-state index contributed by atoms with van der Waals surface area (Å²) in [6.45, 7) is 1.99. The van der Waals surface area contributed by atoms with Crippen molar-refractivity contribution in [3.8, 4) is 0 Å². The lowest BCUT2D eigenvalue weighted by atomic mass is 10.2. The average Bonchev–Trinajstić information content (AvgIpc) is 3.08. The molecule has 1 aliphatic rings. The molecule has 0 bridgehead atoms. The van der Waals surface area contributed by atoms with Crippen molar-refractivity contribution in [1.82, 2.24) is 0 Å². The van der Waals surface area contributed by atoms with Gasteiger partial charge in [0.1, 0.15) is 0 Å². The predicted octanol–water partition coefficient (Wildman–Crippen LogP) is 3.87. The Morgan fingerprint density at radius 3 is 1.97 bits per heavy atom. The SMILES string of the molecule is CCOC(=O)C1N(c2ccccc2)C(=O)C(Nc2ccccc2)N1c1ccccc1. The van der Waals surface area contributed by atoms with E-state index in [-0.39, 0.29) is 12.5 Å². The number of nitrogens with one attached hydrogen (secondary N) is 1. The molecule has 1 N–H and O–H groups in total. The van der Waals surface area contributed by atoms with Crippen LogP contribution < -0.4 is 15.1 Å². The van der Waals surface area contributed by atoms with Crippen LogP contribution in [0.1, 0.15) is 6.92 Å². The van der Waals surface area contributed by atoms with Crippen LogP contribution in [0.2, 0.25) is 0 Å². The van der Waals surface area contributed by atoms with Gasteiger partial charge in [0.15, 0.2) is 6.17 Å². The Balaban J connectivity index is 1.83. The van der Waals surface area contributed by atoms with Crippen molar-refractivity contribution in [2.45, 2.75) is 19.3 Å². The molecule has 152 valence electrons. The molecule has 4 rings (SSSR count). The summed E-state index contributed by atoms with van der Waals surface area (Å²) >= 11 is 0. The zero-order valence-electron chi connectivity index (χ0n) is 16.6. The highest BCUT2D eigenvalue weighted by Crippen LogP contribution is 2.34. The quantitative estimate of drug-likeness (QED) is 0.636. The van der Waals surface area contributed by atoms with Gasteiger partial charge in [0.05, 0.1) is 6.61 Å². The minimum Gasteiger partial charge on any atom is -0.463 e. The van der Waals surface area contributed by atoms with E-state index in [2.05, 4.69) is 5.32 Å². The van der Waals surface area contributed by atoms with Crippen LogP contribution in [-0.4, -0.2) is 30.8 Å². The molecule has 3 aromatic rings. The number of amides is 1. The Bertz CT molecular complexity index is 996. The molecular formula is C24H23N3O3. The summed E-state index contributed by atoms with van der Waals surface area (Å²) in [4.78, 5) is 30.0. The zero-order chi connectivity index (χ0) is 20.9. The number of nitrogens with zero attached hydrogens (tertiary/aromatic N) is 2. The monoisotopic (exact) mass is 401 g/mol. The second-order valence-electron chi connectivity index (χ2n) is 6.83. The Hall–Kier alpha value is -3.80.